The van der Waals surface area contributed by atoms with Crippen LogP contribution < -0.4 is 5.43 Å². The van der Waals surface area contributed by atoms with Gasteiger partial charge >= 0.3 is 0 Å². The molecule has 1 heterocycles. The molecule has 1 aromatic heterocycles. The van der Waals surface area contributed by atoms with Crippen molar-refractivity contribution in [3.63, 3.8) is 0 Å². The third-order valence-corrected chi connectivity index (χ3v) is 7.31. The number of hydrogen-bond donors (Lipinski definition) is 1. The molecule has 0 spiro atoms. The molecule has 3 rings (SSSR count). The second-order valence-electron chi connectivity index (χ2n) is 7.68. The number of para-hydroxylation sites is 1. The number of non-ortho nitro benzene ring substituents is 1. The Morgan fingerprint density at radius 3 is 2.36 bits per heavy atom. The van der Waals surface area contributed by atoms with Crippen molar-refractivity contribution in [3.8, 4) is 5.69 Å². The summed E-state index contributed by atoms with van der Waals surface area (Å²) in [7, 11) is 0. The molecule has 0 unspecified atom stereocenters. The number of carbonyl (C=O) groups is 1. The number of aryl methyl sites for hydroxylation is 2. The van der Waals surface area contributed by atoms with Crippen molar-refractivity contribution >= 4 is 45.5 Å². The minimum Gasteiger partial charge on any atom is -0.316 e. The number of nitrogens with zero attached hydrogens (tertiary/aromatic N) is 3. The van der Waals surface area contributed by atoms with Crippen LogP contribution >= 0.6 is 27.7 Å². The van der Waals surface area contributed by atoms with Crippen LogP contribution in [0.4, 0.5) is 5.69 Å². The summed E-state index contributed by atoms with van der Waals surface area (Å²) in [5.41, 5.74) is 10.1. The van der Waals surface area contributed by atoms with Crippen LogP contribution in [0.5, 0.6) is 0 Å². The Bertz CT molecular complexity index is 1200. The van der Waals surface area contributed by atoms with Gasteiger partial charge in [0, 0.05) is 39.3 Å². The quantitative estimate of drug-likeness (QED) is 0.228. The second kappa shape index (κ2) is 10.8. The van der Waals surface area contributed by atoms with Crippen LogP contribution in [-0.4, -0.2) is 27.4 Å². The number of amides is 1. The minimum absolute atomic E-state index is 0.0546. The highest BCUT2D eigenvalue weighted by Gasteiger charge is 2.18. The van der Waals surface area contributed by atoms with Gasteiger partial charge in [-0.05, 0) is 60.3 Å². The fourth-order valence-corrected chi connectivity index (χ4v) is 4.99. The standard InChI is InChI=1S/C24H25BrN4O3S/c1-15-6-5-7-16(2)24(15)28-17(3)21(23(25)18(28)4)12-26-27-22(30)14-33-13-19-8-10-20(11-9-19)29(31)32/h5-12H,13-14H2,1-4H3,(H,27,30)/b26-12-. The molecule has 2 aromatic carbocycles. The number of hydrazone groups is 1. The van der Waals surface area contributed by atoms with E-state index in [1.807, 2.05) is 13.8 Å². The van der Waals surface area contributed by atoms with Crippen molar-refractivity contribution in [2.24, 2.45) is 5.10 Å². The maximum atomic E-state index is 12.2. The molecule has 3 aromatic rings. The second-order valence-corrected chi connectivity index (χ2v) is 9.46. The molecule has 9 heteroatoms. The number of aromatic nitrogens is 1. The Labute approximate surface area is 205 Å². The normalized spacial score (nSPS) is 11.2. The van der Waals surface area contributed by atoms with Crippen LogP contribution in [-0.2, 0) is 10.5 Å². The number of thioether (sulfide) groups is 1. The Morgan fingerprint density at radius 1 is 1.12 bits per heavy atom. The lowest BCUT2D eigenvalue weighted by Crippen LogP contribution is -2.19. The number of nitro groups is 1. The fraction of sp³-hybridized carbons (Fsp3) is 0.250. The Kier molecular flexibility index (Phi) is 8.10. The van der Waals surface area contributed by atoms with Crippen LogP contribution in [0, 0.1) is 37.8 Å². The zero-order valence-corrected chi connectivity index (χ0v) is 21.3. The van der Waals surface area contributed by atoms with Crippen molar-refractivity contribution < 1.29 is 9.72 Å². The van der Waals surface area contributed by atoms with Crippen LogP contribution in [0.3, 0.4) is 0 Å². The molecule has 0 aliphatic heterocycles. The highest BCUT2D eigenvalue weighted by molar-refractivity contribution is 9.10. The monoisotopic (exact) mass is 528 g/mol. The van der Waals surface area contributed by atoms with Gasteiger partial charge in [0.25, 0.3) is 5.69 Å². The number of rotatable bonds is 8. The van der Waals surface area contributed by atoms with E-state index in [0.29, 0.717) is 5.75 Å². The summed E-state index contributed by atoms with van der Waals surface area (Å²) in [5, 5.41) is 14.9. The summed E-state index contributed by atoms with van der Waals surface area (Å²) >= 11 is 5.10. The highest BCUT2D eigenvalue weighted by atomic mass is 79.9. The summed E-state index contributed by atoms with van der Waals surface area (Å²) in [6.07, 6.45) is 1.66. The average molecular weight is 529 g/mol. The smallest absolute Gasteiger partial charge is 0.269 e. The predicted octanol–water partition coefficient (Wildman–Crippen LogP) is 5.77. The Morgan fingerprint density at radius 2 is 1.76 bits per heavy atom. The number of hydrogen-bond acceptors (Lipinski definition) is 5. The van der Waals surface area contributed by atoms with E-state index >= 15 is 0 Å². The zero-order chi connectivity index (χ0) is 24.1. The molecule has 0 aliphatic rings. The van der Waals surface area contributed by atoms with E-state index in [0.717, 1.165) is 32.7 Å². The van der Waals surface area contributed by atoms with E-state index in [1.54, 1.807) is 18.3 Å². The first-order valence-corrected chi connectivity index (χ1v) is 12.2. The van der Waals surface area contributed by atoms with E-state index < -0.39 is 4.92 Å². The molecule has 0 saturated carbocycles. The van der Waals surface area contributed by atoms with Gasteiger partial charge in [0.2, 0.25) is 5.91 Å². The Hall–Kier alpha value is -2.91. The molecule has 0 aliphatic carbocycles. The van der Waals surface area contributed by atoms with Gasteiger partial charge in [-0.1, -0.05) is 30.3 Å². The summed E-state index contributed by atoms with van der Waals surface area (Å²) in [6, 6.07) is 12.6. The van der Waals surface area contributed by atoms with Crippen molar-refractivity contribution in [2.45, 2.75) is 33.4 Å². The first kappa shape index (κ1) is 24.7. The SMILES string of the molecule is Cc1cccc(C)c1-n1c(C)c(Br)c(/C=N\NC(=O)CSCc2ccc([N+](=O)[O-])cc2)c1C. The van der Waals surface area contributed by atoms with Gasteiger partial charge in [0.05, 0.1) is 22.6 Å². The summed E-state index contributed by atoms with van der Waals surface area (Å²) in [4.78, 5) is 22.4. The van der Waals surface area contributed by atoms with Crippen LogP contribution in [0.15, 0.2) is 52.0 Å². The van der Waals surface area contributed by atoms with Crippen molar-refractivity contribution in [1.82, 2.24) is 9.99 Å². The largest absolute Gasteiger partial charge is 0.316 e. The van der Waals surface area contributed by atoms with Gasteiger partial charge in [0.15, 0.2) is 0 Å². The molecule has 0 atom stereocenters. The van der Waals surface area contributed by atoms with E-state index in [9.17, 15) is 14.9 Å². The molecule has 1 N–H and O–H groups in total. The number of carbonyl (C=O) groups excluding carboxylic acids is 1. The third-order valence-electron chi connectivity index (χ3n) is 5.31. The summed E-state index contributed by atoms with van der Waals surface area (Å²) in [5.74, 6) is 0.604. The highest BCUT2D eigenvalue weighted by Crippen LogP contribution is 2.32. The predicted molar refractivity (Wildman–Crippen MR) is 137 cm³/mol. The van der Waals surface area contributed by atoms with Crippen molar-refractivity contribution in [2.75, 3.05) is 5.75 Å². The summed E-state index contributed by atoms with van der Waals surface area (Å²) in [6.45, 7) is 8.27. The van der Waals surface area contributed by atoms with Gasteiger partial charge in [-0.15, -0.1) is 11.8 Å². The van der Waals surface area contributed by atoms with Gasteiger partial charge < -0.3 is 4.57 Å². The minimum atomic E-state index is -0.430. The maximum Gasteiger partial charge on any atom is 0.269 e. The lowest BCUT2D eigenvalue weighted by molar-refractivity contribution is -0.384. The zero-order valence-electron chi connectivity index (χ0n) is 18.9. The van der Waals surface area contributed by atoms with E-state index in [1.165, 1.54) is 35.0 Å². The molecule has 33 heavy (non-hydrogen) atoms. The van der Waals surface area contributed by atoms with Crippen molar-refractivity contribution in [3.05, 3.63) is 90.7 Å². The van der Waals surface area contributed by atoms with E-state index in [-0.39, 0.29) is 17.3 Å². The number of nitro benzene ring substituents is 1. The van der Waals surface area contributed by atoms with Crippen molar-refractivity contribution in [1.29, 1.82) is 0 Å². The third kappa shape index (κ3) is 5.72. The lowest BCUT2D eigenvalue weighted by atomic mass is 10.1. The number of benzene rings is 2. The molecular formula is C24H25BrN4O3S. The molecule has 1 amide bonds. The first-order chi connectivity index (χ1) is 15.7. The molecule has 0 bridgehead atoms. The van der Waals surface area contributed by atoms with Gasteiger partial charge in [-0.25, -0.2) is 5.43 Å². The van der Waals surface area contributed by atoms with Gasteiger partial charge in [-0.3, -0.25) is 14.9 Å². The average Bonchev–Trinajstić information content (AvgIpc) is 2.98. The molecule has 172 valence electrons. The Balaban J connectivity index is 1.62. The molecular weight excluding hydrogens is 504 g/mol. The fourth-order valence-electron chi connectivity index (χ4n) is 3.64. The van der Waals surface area contributed by atoms with Gasteiger partial charge in [0.1, 0.15) is 0 Å². The van der Waals surface area contributed by atoms with Gasteiger partial charge in [-0.2, -0.15) is 5.10 Å². The van der Waals surface area contributed by atoms with Crippen LogP contribution in [0.25, 0.3) is 5.69 Å². The lowest BCUT2D eigenvalue weighted by Gasteiger charge is -2.15. The first-order valence-electron chi connectivity index (χ1n) is 10.3. The molecule has 0 fully saturated rings. The van der Waals surface area contributed by atoms with E-state index in [4.69, 9.17) is 0 Å². The number of nitrogens with one attached hydrogen (secondary N) is 1. The molecule has 7 nitrogen and oxygen atoms in total. The number of halogens is 1. The van der Waals surface area contributed by atoms with Crippen LogP contribution in [0.2, 0.25) is 0 Å². The molecule has 0 radical (unpaired) electrons. The maximum absolute atomic E-state index is 12.2. The molecule has 0 saturated heterocycles. The van der Waals surface area contributed by atoms with Crippen LogP contribution in [0.1, 0.15) is 33.6 Å². The van der Waals surface area contributed by atoms with E-state index in [2.05, 4.69) is 63.1 Å². The topological polar surface area (TPSA) is 89.5 Å². The summed E-state index contributed by atoms with van der Waals surface area (Å²) < 4.78 is 3.14.